The molecular weight excluding hydrogens is 244 g/mol. The Morgan fingerprint density at radius 3 is 2.88 bits per heavy atom. The normalized spacial score (nSPS) is 10.1. The van der Waals surface area contributed by atoms with E-state index in [0.717, 1.165) is 17.1 Å². The molecule has 0 saturated heterocycles. The molecule has 88 valence electrons. The lowest BCUT2D eigenvalue weighted by atomic mass is 10.2. The number of carbonyl (C=O) groups is 1. The zero-order valence-electron chi connectivity index (χ0n) is 9.24. The molecule has 0 unspecified atom stereocenters. The summed E-state index contributed by atoms with van der Waals surface area (Å²) in [5.41, 5.74) is 0.643. The van der Waals surface area contributed by atoms with Gasteiger partial charge in [0.2, 0.25) is 0 Å². The van der Waals surface area contributed by atoms with Gasteiger partial charge in [-0.2, -0.15) is 0 Å². The largest absolute Gasteiger partial charge is 0.462 e. The third kappa shape index (κ3) is 4.06. The number of rotatable bonds is 6. The van der Waals surface area contributed by atoms with Crippen molar-refractivity contribution in [3.05, 3.63) is 29.8 Å². The van der Waals surface area contributed by atoms with Gasteiger partial charge in [0, 0.05) is 10.8 Å². The first-order chi connectivity index (χ1) is 7.79. The van der Waals surface area contributed by atoms with Gasteiger partial charge in [-0.05, 0) is 31.2 Å². The first-order valence-electron chi connectivity index (χ1n) is 5.24. The maximum Gasteiger partial charge on any atom is 0.339 e. The van der Waals surface area contributed by atoms with Crippen molar-refractivity contribution < 1.29 is 9.53 Å². The lowest BCUT2D eigenvalue weighted by molar-refractivity contribution is 0.0522. The molecule has 0 saturated carbocycles. The zero-order chi connectivity index (χ0) is 11.8. The summed E-state index contributed by atoms with van der Waals surface area (Å²) < 4.78 is 5.00. The summed E-state index contributed by atoms with van der Waals surface area (Å²) in [5.74, 6) is 1.31. The molecule has 0 heterocycles. The zero-order valence-corrected chi connectivity index (χ0v) is 10.8. The van der Waals surface area contributed by atoms with Gasteiger partial charge in [0.15, 0.2) is 0 Å². The molecule has 0 aromatic heterocycles. The number of thioether (sulfide) groups is 1. The van der Waals surface area contributed by atoms with Gasteiger partial charge in [-0.1, -0.05) is 12.1 Å². The van der Waals surface area contributed by atoms with Gasteiger partial charge in [0.05, 0.1) is 12.2 Å². The summed E-state index contributed by atoms with van der Waals surface area (Å²) >= 11 is 7.26. The van der Waals surface area contributed by atoms with Crippen LogP contribution in [0.5, 0.6) is 0 Å². The van der Waals surface area contributed by atoms with Crippen molar-refractivity contribution in [1.82, 2.24) is 0 Å². The van der Waals surface area contributed by atoms with E-state index in [0.29, 0.717) is 18.1 Å². The van der Waals surface area contributed by atoms with Crippen LogP contribution in [0.15, 0.2) is 29.2 Å². The van der Waals surface area contributed by atoms with Crippen LogP contribution in [-0.4, -0.2) is 24.2 Å². The molecule has 0 amide bonds. The average Bonchev–Trinajstić information content (AvgIpc) is 2.30. The van der Waals surface area contributed by atoms with Crippen LogP contribution in [0.25, 0.3) is 0 Å². The molecule has 1 rings (SSSR count). The molecule has 0 aliphatic carbocycles. The van der Waals surface area contributed by atoms with Gasteiger partial charge in [-0.15, -0.1) is 23.4 Å². The van der Waals surface area contributed by atoms with Crippen LogP contribution in [0.4, 0.5) is 0 Å². The summed E-state index contributed by atoms with van der Waals surface area (Å²) in [6, 6.07) is 7.50. The van der Waals surface area contributed by atoms with E-state index in [2.05, 4.69) is 0 Å². The Balaban J connectivity index is 2.71. The van der Waals surface area contributed by atoms with Gasteiger partial charge >= 0.3 is 5.97 Å². The summed E-state index contributed by atoms with van der Waals surface area (Å²) in [6.45, 7) is 2.21. The summed E-state index contributed by atoms with van der Waals surface area (Å²) in [4.78, 5) is 12.6. The second-order valence-corrected chi connectivity index (χ2v) is 4.62. The lowest BCUT2D eigenvalue weighted by Gasteiger charge is -2.07. The monoisotopic (exact) mass is 258 g/mol. The fraction of sp³-hybridized carbons (Fsp3) is 0.417. The molecule has 0 fully saturated rings. The standard InChI is InChI=1S/C12H15ClO2S/c1-2-15-12(14)10-6-3-4-7-11(10)16-9-5-8-13/h3-4,6-7H,2,5,8-9H2,1H3. The number of benzene rings is 1. The molecule has 0 N–H and O–H groups in total. The fourth-order valence-electron chi connectivity index (χ4n) is 1.21. The van der Waals surface area contributed by atoms with Gasteiger partial charge in [0.25, 0.3) is 0 Å². The molecule has 0 atom stereocenters. The minimum atomic E-state index is -0.253. The van der Waals surface area contributed by atoms with Gasteiger partial charge in [-0.25, -0.2) is 4.79 Å². The van der Waals surface area contributed by atoms with Crippen molar-refractivity contribution in [1.29, 1.82) is 0 Å². The van der Waals surface area contributed by atoms with E-state index >= 15 is 0 Å². The van der Waals surface area contributed by atoms with Gasteiger partial charge in [-0.3, -0.25) is 0 Å². The Kier molecular flexibility index (Phi) is 6.34. The summed E-state index contributed by atoms with van der Waals surface area (Å²) in [7, 11) is 0. The molecule has 0 bridgehead atoms. The van der Waals surface area contributed by atoms with Crippen LogP contribution in [0.3, 0.4) is 0 Å². The molecule has 1 aromatic carbocycles. The van der Waals surface area contributed by atoms with E-state index in [1.807, 2.05) is 18.2 Å². The molecule has 0 spiro atoms. The Morgan fingerprint density at radius 1 is 1.44 bits per heavy atom. The van der Waals surface area contributed by atoms with Crippen molar-refractivity contribution >= 4 is 29.3 Å². The lowest BCUT2D eigenvalue weighted by Crippen LogP contribution is -2.06. The third-order valence-electron chi connectivity index (χ3n) is 1.92. The van der Waals surface area contributed by atoms with Crippen LogP contribution in [0.1, 0.15) is 23.7 Å². The van der Waals surface area contributed by atoms with E-state index in [9.17, 15) is 4.79 Å². The number of ether oxygens (including phenoxy) is 1. The van der Waals surface area contributed by atoms with Crippen LogP contribution >= 0.6 is 23.4 Å². The highest BCUT2D eigenvalue weighted by atomic mass is 35.5. The first-order valence-corrected chi connectivity index (χ1v) is 6.76. The maximum absolute atomic E-state index is 11.6. The number of hydrogen-bond acceptors (Lipinski definition) is 3. The van der Waals surface area contributed by atoms with Crippen molar-refractivity contribution in [3.8, 4) is 0 Å². The molecule has 16 heavy (non-hydrogen) atoms. The second kappa shape index (κ2) is 7.58. The van der Waals surface area contributed by atoms with Crippen LogP contribution < -0.4 is 0 Å². The van der Waals surface area contributed by atoms with Crippen LogP contribution in [0.2, 0.25) is 0 Å². The molecule has 1 aromatic rings. The molecule has 4 heteroatoms. The van der Waals surface area contributed by atoms with Crippen molar-refractivity contribution in [2.45, 2.75) is 18.2 Å². The van der Waals surface area contributed by atoms with Gasteiger partial charge in [0.1, 0.15) is 0 Å². The molecule has 0 aliphatic rings. The number of alkyl halides is 1. The van der Waals surface area contributed by atoms with E-state index in [1.165, 1.54) is 0 Å². The number of hydrogen-bond donors (Lipinski definition) is 0. The minimum absolute atomic E-state index is 0.253. The van der Waals surface area contributed by atoms with Crippen molar-refractivity contribution in [2.24, 2.45) is 0 Å². The van der Waals surface area contributed by atoms with Gasteiger partial charge < -0.3 is 4.74 Å². The van der Waals surface area contributed by atoms with Crippen molar-refractivity contribution in [3.63, 3.8) is 0 Å². The van der Waals surface area contributed by atoms with Crippen molar-refractivity contribution in [2.75, 3.05) is 18.2 Å². The van der Waals surface area contributed by atoms with E-state index < -0.39 is 0 Å². The smallest absolute Gasteiger partial charge is 0.339 e. The fourth-order valence-corrected chi connectivity index (χ4v) is 2.49. The molecule has 2 nitrogen and oxygen atoms in total. The Bertz CT molecular complexity index is 342. The topological polar surface area (TPSA) is 26.3 Å². The van der Waals surface area contributed by atoms with Crippen LogP contribution in [0, 0.1) is 0 Å². The average molecular weight is 259 g/mol. The minimum Gasteiger partial charge on any atom is -0.462 e. The SMILES string of the molecule is CCOC(=O)c1ccccc1SCCCCl. The number of halogens is 1. The highest BCUT2D eigenvalue weighted by Crippen LogP contribution is 2.24. The molecular formula is C12H15ClO2S. The highest BCUT2D eigenvalue weighted by molar-refractivity contribution is 7.99. The van der Waals surface area contributed by atoms with E-state index in [4.69, 9.17) is 16.3 Å². The predicted octanol–water partition coefficient (Wildman–Crippen LogP) is 3.58. The maximum atomic E-state index is 11.6. The Morgan fingerprint density at radius 2 is 2.19 bits per heavy atom. The van der Waals surface area contributed by atoms with E-state index in [1.54, 1.807) is 24.8 Å². The highest BCUT2D eigenvalue weighted by Gasteiger charge is 2.11. The predicted molar refractivity (Wildman–Crippen MR) is 68.5 cm³/mol. The number of carbonyl (C=O) groups excluding carboxylic acids is 1. The number of esters is 1. The quantitative estimate of drug-likeness (QED) is 0.338. The van der Waals surface area contributed by atoms with E-state index in [-0.39, 0.29) is 5.97 Å². The Labute approximate surface area is 105 Å². The molecule has 0 aliphatic heterocycles. The summed E-state index contributed by atoms with van der Waals surface area (Å²) in [6.07, 6.45) is 0.934. The first kappa shape index (κ1) is 13.4. The third-order valence-corrected chi connectivity index (χ3v) is 3.34. The van der Waals surface area contributed by atoms with Crippen LogP contribution in [-0.2, 0) is 4.74 Å². The summed E-state index contributed by atoms with van der Waals surface area (Å²) in [5, 5.41) is 0. The Hall–Kier alpha value is -0.670. The molecule has 0 radical (unpaired) electrons. The second-order valence-electron chi connectivity index (χ2n) is 3.11.